The maximum atomic E-state index is 13.3. The van der Waals surface area contributed by atoms with Crippen LogP contribution >= 0.6 is 0 Å². The largest absolute Gasteiger partial charge is 0.493 e. The van der Waals surface area contributed by atoms with Gasteiger partial charge in [0.05, 0.1) is 43.7 Å². The summed E-state index contributed by atoms with van der Waals surface area (Å²) in [6.07, 6.45) is 15.9. The molecular formula is C93H127F2N9O3. The highest BCUT2D eigenvalue weighted by molar-refractivity contribution is 5.43. The Kier molecular flexibility index (Phi) is 30.5. The number of fused-ring (bicyclic) bond motifs is 8. The molecule has 0 bridgehead atoms. The standard InChI is InChI=1S/C17H27N.C14H20N2O.C11H16N2O.2C11H15N.C10H10F2O.C10H13N.C9H11N/c1-4-5-6-7-15-13-17-9-11-18(3)10-8-16(17)12-14(15)2;1-10-7-12-8-16(2)6-5-13(12)15-14(10)17-9-11-3-4-11;1-8-6-9-7-13(2)5-4-10(9)12-11(8)14-3;1-9-3-4-11-8-12(2)6-5-10(11)7-9;1-9-3-4-10-5-6-12(2)8-11(10)7-9;1-7-2-3-9-8(6-7)10(11,12)4-5-13-9;1-8-3-2-4-9-5-6-11-7-10(8)9;1-7-3-2-4-8-5-10-6-9(7)8/h12-13H,4-11H2,1-3H3;7,11H,3-6,8-9H2,1-2H3;6H,4-5,7H2,1-3H3;2*3-4,7H,5-6,8H2,1-2H3;2-3,6H,4-5H2,1H3;2-4,11H,5-7H2,1H3;2-4,10H,5-6H2,1H3. The second-order valence-corrected chi connectivity index (χ2v) is 32.0. The van der Waals surface area contributed by atoms with Gasteiger partial charge in [-0.3, -0.25) is 0 Å². The molecule has 8 aromatic rings. The Bertz CT molecular complexity index is 4210. The first kappa shape index (κ1) is 82.1. The van der Waals surface area contributed by atoms with Crippen LogP contribution in [0.5, 0.6) is 17.5 Å². The van der Waals surface area contributed by atoms with Crippen LogP contribution in [0.4, 0.5) is 8.78 Å². The lowest BCUT2D eigenvalue weighted by Gasteiger charge is -2.25. The minimum atomic E-state index is -2.72. The van der Waals surface area contributed by atoms with Crippen molar-refractivity contribution in [2.45, 2.75) is 204 Å². The van der Waals surface area contributed by atoms with Gasteiger partial charge in [-0.05, 0) is 274 Å². The highest BCUT2D eigenvalue weighted by Crippen LogP contribution is 2.42. The van der Waals surface area contributed by atoms with Gasteiger partial charge in [-0.2, -0.15) is 0 Å². The molecule has 0 saturated heterocycles. The van der Waals surface area contributed by atoms with Crippen molar-refractivity contribution in [3.8, 4) is 17.5 Å². The molecule has 2 N–H and O–H groups in total. The summed E-state index contributed by atoms with van der Waals surface area (Å²) in [5.74, 6) is 0.0216. The van der Waals surface area contributed by atoms with Crippen LogP contribution in [-0.4, -0.2) is 136 Å². The number of hydrogen-bond acceptors (Lipinski definition) is 12. The summed E-state index contributed by atoms with van der Waals surface area (Å²) in [7, 11) is 12.6. The molecule has 1 saturated carbocycles. The number of rotatable bonds is 8. The molecule has 10 heterocycles. The third-order valence-corrected chi connectivity index (χ3v) is 22.4. The van der Waals surface area contributed by atoms with Crippen LogP contribution in [0.2, 0.25) is 0 Å². The molecule has 1 aliphatic carbocycles. The van der Waals surface area contributed by atoms with E-state index < -0.39 is 5.92 Å². The first-order valence-electron chi connectivity index (χ1n) is 40.0. The van der Waals surface area contributed by atoms with E-state index in [9.17, 15) is 8.78 Å². The Labute approximate surface area is 642 Å². The number of alkyl halides is 2. The van der Waals surface area contributed by atoms with E-state index in [-0.39, 0.29) is 18.6 Å². The van der Waals surface area contributed by atoms with Gasteiger partial charge in [0.15, 0.2) is 0 Å². The molecule has 8 aliphatic heterocycles. The Hall–Kier alpha value is -7.40. The summed E-state index contributed by atoms with van der Waals surface area (Å²) >= 11 is 0. The van der Waals surface area contributed by atoms with Crippen LogP contribution in [0.25, 0.3) is 0 Å². The van der Waals surface area contributed by atoms with Crippen molar-refractivity contribution in [2.24, 2.45) is 5.92 Å². The third-order valence-electron chi connectivity index (χ3n) is 22.4. The Morgan fingerprint density at radius 2 is 0.972 bits per heavy atom. The molecule has 0 unspecified atom stereocenters. The second kappa shape index (κ2) is 39.8. The molecule has 107 heavy (non-hydrogen) atoms. The van der Waals surface area contributed by atoms with Crippen LogP contribution in [-0.2, 0) is 103 Å². The number of benzene rings is 6. The van der Waals surface area contributed by atoms with Crippen LogP contribution in [0, 0.1) is 61.3 Å². The summed E-state index contributed by atoms with van der Waals surface area (Å²) in [6, 6.07) is 40.9. The SMILES string of the molecule is CCCCCc1cc2c(cc1C)CCN(C)CC2.COc1nc2c(cc1C)CN(C)CC2.Cc1cc2c(nc1OCC1CC1)CCN(C)C2.Cc1ccc2c(c1)C(F)(F)CCO2.Cc1ccc2c(c1)CCN(C)C2.Cc1ccc2c(c1)CN(C)CC2.Cc1cccc2c1CNC2.Cc1cccc2c1CNCC2. The van der Waals surface area contributed by atoms with Crippen molar-refractivity contribution >= 4 is 0 Å². The summed E-state index contributed by atoms with van der Waals surface area (Å²) in [5, 5.41) is 6.71. The third kappa shape index (κ3) is 24.3. The van der Waals surface area contributed by atoms with E-state index >= 15 is 0 Å². The van der Waals surface area contributed by atoms with Gasteiger partial charge in [-0.1, -0.05) is 127 Å². The van der Waals surface area contributed by atoms with E-state index in [1.807, 2.05) is 6.92 Å². The summed E-state index contributed by atoms with van der Waals surface area (Å²) < 4.78 is 42.8. The first-order valence-corrected chi connectivity index (χ1v) is 40.0. The summed E-state index contributed by atoms with van der Waals surface area (Å²) in [6.45, 7) is 35.7. The lowest BCUT2D eigenvalue weighted by atomic mass is 9.93. The number of unbranched alkanes of at least 4 members (excludes halogenated alkanes) is 2. The molecule has 12 nitrogen and oxygen atoms in total. The Balaban J connectivity index is 0.000000131. The smallest absolute Gasteiger partial charge is 0.280 e. The maximum absolute atomic E-state index is 13.3. The van der Waals surface area contributed by atoms with E-state index in [2.05, 4.69) is 221 Å². The number of aryl methyl sites for hydroxylation is 9. The Morgan fingerprint density at radius 3 is 1.59 bits per heavy atom. The highest BCUT2D eigenvalue weighted by Gasteiger charge is 2.38. The van der Waals surface area contributed by atoms with Gasteiger partial charge in [0.2, 0.25) is 11.8 Å². The molecule has 9 aliphatic rings. The number of hydrogen-bond donors (Lipinski definition) is 2. The van der Waals surface area contributed by atoms with Crippen molar-refractivity contribution in [1.29, 1.82) is 0 Å². The fourth-order valence-corrected chi connectivity index (χ4v) is 15.5. The summed E-state index contributed by atoms with van der Waals surface area (Å²) in [4.78, 5) is 21.1. The number of nitrogens with zero attached hydrogens (tertiary/aromatic N) is 7. The van der Waals surface area contributed by atoms with Gasteiger partial charge in [0.1, 0.15) is 5.75 Å². The van der Waals surface area contributed by atoms with E-state index in [1.54, 1.807) is 54.0 Å². The quantitative estimate of drug-likeness (QED) is 0.142. The highest BCUT2D eigenvalue weighted by atomic mass is 19.3. The zero-order valence-corrected chi connectivity index (χ0v) is 67.9. The number of methoxy groups -OCH3 is 1. The molecule has 14 heteroatoms. The predicted octanol–water partition coefficient (Wildman–Crippen LogP) is 17.4. The van der Waals surface area contributed by atoms with Gasteiger partial charge in [-0.15, -0.1) is 0 Å². The fraction of sp³-hybridized carbons (Fsp3) is 0.505. The molecule has 0 atom stereocenters. The molecule has 2 aromatic heterocycles. The average Bonchev–Trinajstić information content (AvgIpc) is 1.09. The van der Waals surface area contributed by atoms with E-state index in [0.29, 0.717) is 5.75 Å². The monoisotopic (exact) mass is 1460 g/mol. The van der Waals surface area contributed by atoms with Gasteiger partial charge in [-0.25, -0.2) is 18.7 Å². The average molecular weight is 1460 g/mol. The van der Waals surface area contributed by atoms with Crippen LogP contribution < -0.4 is 24.8 Å². The van der Waals surface area contributed by atoms with Crippen molar-refractivity contribution in [3.05, 3.63) is 249 Å². The Morgan fingerprint density at radius 1 is 0.467 bits per heavy atom. The first-order chi connectivity index (χ1) is 51.5. The molecule has 0 amide bonds. The van der Waals surface area contributed by atoms with Gasteiger partial charge in [0.25, 0.3) is 5.92 Å². The zero-order chi connectivity index (χ0) is 76.2. The molecule has 576 valence electrons. The van der Waals surface area contributed by atoms with Crippen molar-refractivity contribution in [1.82, 2.24) is 45.1 Å². The molecule has 0 radical (unpaired) electrons. The molecule has 1 fully saturated rings. The van der Waals surface area contributed by atoms with E-state index in [4.69, 9.17) is 19.2 Å². The van der Waals surface area contributed by atoms with Crippen molar-refractivity contribution < 1.29 is 23.0 Å². The number of halogens is 2. The molecule has 0 spiro atoms. The fourth-order valence-electron chi connectivity index (χ4n) is 15.5. The number of aromatic nitrogens is 2. The van der Waals surface area contributed by atoms with Crippen LogP contribution in [0.3, 0.4) is 0 Å². The summed E-state index contributed by atoms with van der Waals surface area (Å²) in [5.41, 5.74) is 32.4. The van der Waals surface area contributed by atoms with Crippen molar-refractivity contribution in [2.75, 3.05) is 101 Å². The van der Waals surface area contributed by atoms with E-state index in [1.165, 1.54) is 192 Å². The number of likely N-dealkylation sites (N-methyl/N-ethyl adjacent to an activating group) is 5. The number of pyridine rings is 2. The minimum absolute atomic E-state index is 0.0266. The van der Waals surface area contributed by atoms with E-state index in [0.717, 1.165) is 114 Å². The van der Waals surface area contributed by atoms with Gasteiger partial charge >= 0.3 is 0 Å². The minimum Gasteiger partial charge on any atom is -0.493 e. The molecular weight excluding hydrogens is 1330 g/mol. The second-order valence-electron chi connectivity index (χ2n) is 32.0. The lowest BCUT2D eigenvalue weighted by Crippen LogP contribution is -2.27. The normalized spacial score (nSPS) is 17.4. The van der Waals surface area contributed by atoms with Crippen LogP contribution in [0.15, 0.2) is 115 Å². The lowest BCUT2D eigenvalue weighted by molar-refractivity contribution is -0.0405. The predicted molar refractivity (Wildman–Crippen MR) is 438 cm³/mol. The van der Waals surface area contributed by atoms with Gasteiger partial charge in [0, 0.05) is 109 Å². The van der Waals surface area contributed by atoms with Gasteiger partial charge < -0.3 is 49.3 Å². The van der Waals surface area contributed by atoms with Crippen molar-refractivity contribution in [3.63, 3.8) is 0 Å². The topological polar surface area (TPSA) is 93.7 Å². The maximum Gasteiger partial charge on any atom is 0.280 e. The van der Waals surface area contributed by atoms with Crippen LogP contribution in [0.1, 0.15) is 179 Å². The molecule has 6 aromatic carbocycles. The number of ether oxygens (including phenoxy) is 3. The number of nitrogens with one attached hydrogen (secondary N) is 2. The zero-order valence-electron chi connectivity index (χ0n) is 67.9. The molecule has 17 rings (SSSR count).